The predicted octanol–water partition coefficient (Wildman–Crippen LogP) is 3.52. The van der Waals surface area contributed by atoms with Gasteiger partial charge in [-0.1, -0.05) is 34.1 Å². The minimum atomic E-state index is 0.362. The third kappa shape index (κ3) is 3.30. The molecule has 0 spiro atoms. The third-order valence-corrected chi connectivity index (χ3v) is 4.28. The van der Waals surface area contributed by atoms with Crippen LogP contribution in [-0.4, -0.2) is 19.3 Å². The summed E-state index contributed by atoms with van der Waals surface area (Å²) in [5.74, 6) is 0.653. The lowest BCUT2D eigenvalue weighted by Crippen LogP contribution is -2.35. The molecular formula is C14H20BrNO. The van der Waals surface area contributed by atoms with E-state index < -0.39 is 0 Å². The second-order valence-electron chi connectivity index (χ2n) is 4.82. The number of hydrogen-bond donors (Lipinski definition) is 1. The number of benzene rings is 1. The van der Waals surface area contributed by atoms with Gasteiger partial charge in [0, 0.05) is 23.2 Å². The number of ether oxygens (including phenoxy) is 1. The zero-order chi connectivity index (χ0) is 12.3. The van der Waals surface area contributed by atoms with Gasteiger partial charge in [0.15, 0.2) is 0 Å². The molecule has 1 heterocycles. The van der Waals surface area contributed by atoms with E-state index in [1.807, 2.05) is 0 Å². The highest BCUT2D eigenvalue weighted by Crippen LogP contribution is 2.25. The second kappa shape index (κ2) is 5.98. The molecular weight excluding hydrogens is 278 g/mol. The van der Waals surface area contributed by atoms with Gasteiger partial charge in [0.1, 0.15) is 0 Å². The van der Waals surface area contributed by atoms with Crippen molar-refractivity contribution in [3.8, 4) is 0 Å². The molecule has 0 aliphatic carbocycles. The number of rotatable bonds is 4. The van der Waals surface area contributed by atoms with Crippen molar-refractivity contribution in [2.24, 2.45) is 5.92 Å². The number of nitrogens with one attached hydrogen (secondary N) is 1. The molecule has 0 aromatic heterocycles. The molecule has 2 nitrogen and oxygen atoms in total. The van der Waals surface area contributed by atoms with E-state index >= 15 is 0 Å². The van der Waals surface area contributed by atoms with E-state index in [-0.39, 0.29) is 0 Å². The van der Waals surface area contributed by atoms with Gasteiger partial charge in [0.25, 0.3) is 0 Å². The summed E-state index contributed by atoms with van der Waals surface area (Å²) in [5, 5.41) is 3.67. The van der Waals surface area contributed by atoms with Gasteiger partial charge in [-0.15, -0.1) is 0 Å². The Labute approximate surface area is 112 Å². The first-order chi connectivity index (χ1) is 8.18. The van der Waals surface area contributed by atoms with E-state index in [0.29, 0.717) is 18.0 Å². The van der Waals surface area contributed by atoms with E-state index in [4.69, 9.17) is 4.74 Å². The van der Waals surface area contributed by atoms with Crippen LogP contribution in [0.3, 0.4) is 0 Å². The Morgan fingerprint density at radius 2 is 2.12 bits per heavy atom. The van der Waals surface area contributed by atoms with Crippen molar-refractivity contribution in [2.75, 3.05) is 13.2 Å². The van der Waals surface area contributed by atoms with Gasteiger partial charge in [-0.3, -0.25) is 0 Å². The molecule has 0 amide bonds. The molecule has 1 saturated heterocycles. The fraction of sp³-hybridized carbons (Fsp3) is 0.571. The molecule has 1 aliphatic rings. The van der Waals surface area contributed by atoms with Crippen LogP contribution in [0.15, 0.2) is 28.7 Å². The fourth-order valence-corrected chi connectivity index (χ4v) is 3.02. The van der Waals surface area contributed by atoms with Crippen LogP contribution in [-0.2, 0) is 4.74 Å². The van der Waals surface area contributed by atoms with Crippen LogP contribution >= 0.6 is 15.9 Å². The average Bonchev–Trinajstić information content (AvgIpc) is 2.82. The Morgan fingerprint density at radius 1 is 1.35 bits per heavy atom. The monoisotopic (exact) mass is 297 g/mol. The first-order valence-corrected chi connectivity index (χ1v) is 7.06. The van der Waals surface area contributed by atoms with Crippen LogP contribution in [0.25, 0.3) is 0 Å². The van der Waals surface area contributed by atoms with E-state index in [9.17, 15) is 0 Å². The first-order valence-electron chi connectivity index (χ1n) is 6.26. The Kier molecular flexibility index (Phi) is 4.60. The molecule has 3 heteroatoms. The average molecular weight is 298 g/mol. The normalized spacial score (nSPS) is 23.6. The second-order valence-corrected chi connectivity index (χ2v) is 5.68. The van der Waals surface area contributed by atoms with E-state index in [0.717, 1.165) is 13.2 Å². The number of halogens is 1. The fourth-order valence-electron chi connectivity index (χ4n) is 2.39. The lowest BCUT2D eigenvalue weighted by Gasteiger charge is -2.25. The maximum Gasteiger partial charge on any atom is 0.0509 e. The van der Waals surface area contributed by atoms with Gasteiger partial charge >= 0.3 is 0 Å². The highest BCUT2D eigenvalue weighted by molar-refractivity contribution is 9.10. The molecule has 0 radical (unpaired) electrons. The Balaban J connectivity index is 1.96. The summed E-state index contributed by atoms with van der Waals surface area (Å²) < 4.78 is 6.62. The lowest BCUT2D eigenvalue weighted by molar-refractivity contribution is 0.177. The minimum Gasteiger partial charge on any atom is -0.381 e. The molecule has 1 aliphatic heterocycles. The standard InChI is InChI=1S/C14H20BrNO/c1-10(12-7-8-17-9-12)16-11(2)13-5-3-4-6-14(13)15/h3-6,10-12,16H,7-9H2,1-2H3. The van der Waals surface area contributed by atoms with Crippen LogP contribution < -0.4 is 5.32 Å². The molecule has 1 aromatic rings. The van der Waals surface area contributed by atoms with Gasteiger partial charge in [0.05, 0.1) is 6.61 Å². The largest absolute Gasteiger partial charge is 0.381 e. The van der Waals surface area contributed by atoms with Crippen molar-refractivity contribution in [1.82, 2.24) is 5.32 Å². The van der Waals surface area contributed by atoms with Crippen molar-refractivity contribution in [3.63, 3.8) is 0 Å². The van der Waals surface area contributed by atoms with Crippen LogP contribution in [0.4, 0.5) is 0 Å². The zero-order valence-corrected chi connectivity index (χ0v) is 12.0. The smallest absolute Gasteiger partial charge is 0.0509 e. The summed E-state index contributed by atoms with van der Waals surface area (Å²) in [7, 11) is 0. The molecule has 3 unspecified atom stereocenters. The van der Waals surface area contributed by atoms with E-state index in [1.54, 1.807) is 0 Å². The molecule has 0 bridgehead atoms. The minimum absolute atomic E-state index is 0.362. The van der Waals surface area contributed by atoms with Crippen LogP contribution in [0.2, 0.25) is 0 Å². The summed E-state index contributed by atoms with van der Waals surface area (Å²) in [4.78, 5) is 0. The van der Waals surface area contributed by atoms with Crippen molar-refractivity contribution in [3.05, 3.63) is 34.3 Å². The predicted molar refractivity (Wildman–Crippen MR) is 74.1 cm³/mol. The SMILES string of the molecule is CC(NC(C)C1CCOC1)c1ccccc1Br. The summed E-state index contributed by atoms with van der Waals surface area (Å²) >= 11 is 3.61. The van der Waals surface area contributed by atoms with E-state index in [2.05, 4.69) is 59.4 Å². The quantitative estimate of drug-likeness (QED) is 0.918. The summed E-state index contributed by atoms with van der Waals surface area (Å²) in [5.41, 5.74) is 1.32. The van der Waals surface area contributed by atoms with Crippen LogP contribution in [0.1, 0.15) is 31.9 Å². The molecule has 17 heavy (non-hydrogen) atoms. The van der Waals surface area contributed by atoms with Crippen molar-refractivity contribution in [2.45, 2.75) is 32.4 Å². The molecule has 94 valence electrons. The van der Waals surface area contributed by atoms with E-state index in [1.165, 1.54) is 16.5 Å². The Morgan fingerprint density at radius 3 is 2.76 bits per heavy atom. The summed E-state index contributed by atoms with van der Waals surface area (Å²) in [6, 6.07) is 9.26. The highest BCUT2D eigenvalue weighted by atomic mass is 79.9. The molecule has 2 rings (SSSR count). The molecule has 1 aromatic carbocycles. The first kappa shape index (κ1) is 13.1. The molecule has 0 saturated carbocycles. The maximum absolute atomic E-state index is 5.44. The van der Waals surface area contributed by atoms with Gasteiger partial charge in [-0.05, 0) is 37.8 Å². The number of hydrogen-bond acceptors (Lipinski definition) is 2. The Hall–Kier alpha value is -0.380. The summed E-state index contributed by atoms with van der Waals surface area (Å²) in [6.45, 7) is 6.29. The van der Waals surface area contributed by atoms with Crippen LogP contribution in [0.5, 0.6) is 0 Å². The zero-order valence-electron chi connectivity index (χ0n) is 10.4. The highest BCUT2D eigenvalue weighted by Gasteiger charge is 2.23. The summed E-state index contributed by atoms with van der Waals surface area (Å²) in [6.07, 6.45) is 1.18. The van der Waals surface area contributed by atoms with Gasteiger partial charge < -0.3 is 10.1 Å². The molecule has 3 atom stereocenters. The van der Waals surface area contributed by atoms with Crippen molar-refractivity contribution >= 4 is 15.9 Å². The Bertz CT molecular complexity index is 363. The van der Waals surface area contributed by atoms with Crippen molar-refractivity contribution < 1.29 is 4.74 Å². The molecule has 1 N–H and O–H groups in total. The third-order valence-electron chi connectivity index (χ3n) is 3.56. The molecule has 1 fully saturated rings. The van der Waals surface area contributed by atoms with Gasteiger partial charge in [0.2, 0.25) is 0 Å². The van der Waals surface area contributed by atoms with Gasteiger partial charge in [-0.2, -0.15) is 0 Å². The topological polar surface area (TPSA) is 21.3 Å². The lowest BCUT2D eigenvalue weighted by atomic mass is 9.98. The van der Waals surface area contributed by atoms with Crippen molar-refractivity contribution in [1.29, 1.82) is 0 Å². The van der Waals surface area contributed by atoms with Gasteiger partial charge in [-0.25, -0.2) is 0 Å². The maximum atomic E-state index is 5.44. The van der Waals surface area contributed by atoms with Crippen LogP contribution in [0, 0.1) is 5.92 Å².